The Balaban J connectivity index is 2.29. The predicted molar refractivity (Wildman–Crippen MR) is 114 cm³/mol. The lowest BCUT2D eigenvalue weighted by Gasteiger charge is -2.11. The lowest BCUT2D eigenvalue weighted by Crippen LogP contribution is -2.19. The van der Waals surface area contributed by atoms with Crippen LogP contribution in [0.15, 0.2) is 64.0 Å². The van der Waals surface area contributed by atoms with Gasteiger partial charge in [-0.05, 0) is 30.7 Å². The van der Waals surface area contributed by atoms with Crippen LogP contribution in [0.25, 0.3) is 0 Å². The SMILES string of the molecule is CCC(=NOCc1ccccc1C(=NOC)C(=O)OC)C(=NOC)c1ccc(F)cc1. The summed E-state index contributed by atoms with van der Waals surface area (Å²) in [5.41, 5.74) is 2.72. The van der Waals surface area contributed by atoms with Crippen LogP contribution >= 0.6 is 0 Å². The van der Waals surface area contributed by atoms with Crippen molar-refractivity contribution in [2.45, 2.75) is 20.0 Å². The maximum absolute atomic E-state index is 13.3. The average molecular weight is 429 g/mol. The molecule has 0 radical (unpaired) electrons. The quantitative estimate of drug-likeness (QED) is 0.326. The van der Waals surface area contributed by atoms with Gasteiger partial charge in [-0.2, -0.15) is 0 Å². The van der Waals surface area contributed by atoms with Gasteiger partial charge in [0, 0.05) is 16.7 Å². The number of esters is 1. The summed E-state index contributed by atoms with van der Waals surface area (Å²) in [7, 11) is 4.01. The van der Waals surface area contributed by atoms with Gasteiger partial charge in [-0.3, -0.25) is 0 Å². The first-order valence-electron chi connectivity index (χ1n) is 9.39. The topological polar surface area (TPSA) is 91.1 Å². The van der Waals surface area contributed by atoms with Gasteiger partial charge >= 0.3 is 5.97 Å². The van der Waals surface area contributed by atoms with E-state index in [1.165, 1.54) is 33.5 Å². The first-order valence-corrected chi connectivity index (χ1v) is 9.39. The van der Waals surface area contributed by atoms with Gasteiger partial charge in [0.1, 0.15) is 38.1 Å². The van der Waals surface area contributed by atoms with Crippen LogP contribution in [0.4, 0.5) is 4.39 Å². The summed E-state index contributed by atoms with van der Waals surface area (Å²) < 4.78 is 18.0. The third kappa shape index (κ3) is 6.36. The zero-order chi connectivity index (χ0) is 22.6. The zero-order valence-corrected chi connectivity index (χ0v) is 17.8. The summed E-state index contributed by atoms with van der Waals surface area (Å²) in [6.07, 6.45) is 0.486. The smallest absolute Gasteiger partial charge is 0.360 e. The van der Waals surface area contributed by atoms with Gasteiger partial charge in [0.2, 0.25) is 0 Å². The Morgan fingerprint density at radius 2 is 1.55 bits per heavy atom. The lowest BCUT2D eigenvalue weighted by molar-refractivity contribution is -0.132. The van der Waals surface area contributed by atoms with Gasteiger partial charge in [-0.25, -0.2) is 9.18 Å². The molecular formula is C22H24FN3O5. The number of ether oxygens (including phenoxy) is 1. The number of hydrogen-bond acceptors (Lipinski definition) is 8. The number of benzene rings is 2. The van der Waals surface area contributed by atoms with E-state index in [0.717, 1.165) is 0 Å². The van der Waals surface area contributed by atoms with Crippen LogP contribution in [0, 0.1) is 5.82 Å². The second kappa shape index (κ2) is 12.1. The van der Waals surface area contributed by atoms with Crippen molar-refractivity contribution in [2.75, 3.05) is 21.3 Å². The van der Waals surface area contributed by atoms with Crippen LogP contribution in [-0.2, 0) is 30.7 Å². The van der Waals surface area contributed by atoms with Gasteiger partial charge < -0.3 is 19.2 Å². The summed E-state index contributed by atoms with van der Waals surface area (Å²) in [5.74, 6) is -1.000. The van der Waals surface area contributed by atoms with Crippen molar-refractivity contribution in [1.82, 2.24) is 0 Å². The third-order valence-electron chi connectivity index (χ3n) is 4.14. The fourth-order valence-electron chi connectivity index (χ4n) is 2.69. The van der Waals surface area contributed by atoms with Crippen molar-refractivity contribution in [2.24, 2.45) is 15.5 Å². The number of methoxy groups -OCH3 is 1. The van der Waals surface area contributed by atoms with E-state index in [1.807, 2.05) is 6.92 Å². The number of carbonyl (C=O) groups is 1. The van der Waals surface area contributed by atoms with Crippen LogP contribution in [0.1, 0.15) is 30.0 Å². The normalized spacial score (nSPS) is 12.4. The molecule has 0 saturated carbocycles. The Morgan fingerprint density at radius 1 is 0.903 bits per heavy atom. The van der Waals surface area contributed by atoms with Gasteiger partial charge in [-0.1, -0.05) is 46.7 Å². The van der Waals surface area contributed by atoms with Gasteiger partial charge in [-0.15, -0.1) is 0 Å². The minimum absolute atomic E-state index is 0.0110. The molecule has 0 fully saturated rings. The van der Waals surface area contributed by atoms with Crippen molar-refractivity contribution in [3.8, 4) is 0 Å². The average Bonchev–Trinajstić information content (AvgIpc) is 2.80. The fourth-order valence-corrected chi connectivity index (χ4v) is 2.69. The van der Waals surface area contributed by atoms with Gasteiger partial charge in [0.25, 0.3) is 0 Å². The molecule has 0 saturated heterocycles. The van der Waals surface area contributed by atoms with E-state index in [4.69, 9.17) is 19.2 Å². The Labute approximate surface area is 179 Å². The monoisotopic (exact) mass is 429 g/mol. The van der Waals surface area contributed by atoms with Gasteiger partial charge in [0.15, 0.2) is 5.71 Å². The van der Waals surface area contributed by atoms with Crippen molar-refractivity contribution in [3.63, 3.8) is 0 Å². The maximum Gasteiger partial charge on any atom is 0.360 e. The molecule has 0 atom stereocenters. The summed E-state index contributed by atoms with van der Waals surface area (Å²) in [4.78, 5) is 27.3. The minimum Gasteiger partial charge on any atom is -0.464 e. The first kappa shape index (κ1) is 23.5. The molecule has 9 heteroatoms. The molecule has 2 rings (SSSR count). The summed E-state index contributed by atoms with van der Waals surface area (Å²) in [6, 6.07) is 12.8. The van der Waals surface area contributed by atoms with Crippen LogP contribution in [-0.4, -0.2) is 44.4 Å². The lowest BCUT2D eigenvalue weighted by atomic mass is 10.0. The maximum atomic E-state index is 13.3. The Hall–Kier alpha value is -3.75. The zero-order valence-electron chi connectivity index (χ0n) is 17.8. The number of rotatable bonds is 10. The molecule has 0 heterocycles. The van der Waals surface area contributed by atoms with Crippen molar-refractivity contribution < 1.29 is 28.4 Å². The van der Waals surface area contributed by atoms with E-state index >= 15 is 0 Å². The van der Waals surface area contributed by atoms with Crippen molar-refractivity contribution in [3.05, 3.63) is 71.0 Å². The molecule has 8 nitrogen and oxygen atoms in total. The molecule has 0 unspecified atom stereocenters. The summed E-state index contributed by atoms with van der Waals surface area (Å²) >= 11 is 0. The number of hydrogen-bond donors (Lipinski definition) is 0. The molecule has 0 bridgehead atoms. The molecule has 0 N–H and O–H groups in total. The molecule has 164 valence electrons. The highest BCUT2D eigenvalue weighted by molar-refractivity contribution is 6.48. The molecule has 0 spiro atoms. The van der Waals surface area contributed by atoms with E-state index in [1.54, 1.807) is 36.4 Å². The third-order valence-corrected chi connectivity index (χ3v) is 4.14. The molecule has 2 aromatic rings. The second-order valence-corrected chi connectivity index (χ2v) is 6.07. The molecule has 0 aliphatic carbocycles. The number of carbonyl (C=O) groups excluding carboxylic acids is 1. The van der Waals surface area contributed by atoms with E-state index in [2.05, 4.69) is 15.5 Å². The Morgan fingerprint density at radius 3 is 2.16 bits per heavy atom. The number of halogens is 1. The predicted octanol–water partition coefficient (Wildman–Crippen LogP) is 3.68. The second-order valence-electron chi connectivity index (χ2n) is 6.07. The number of nitrogens with zero attached hydrogens (tertiary/aromatic N) is 3. The Bertz CT molecular complexity index is 971. The van der Waals surface area contributed by atoms with Crippen molar-refractivity contribution >= 4 is 23.1 Å². The van der Waals surface area contributed by atoms with Crippen LogP contribution in [0.3, 0.4) is 0 Å². The highest BCUT2D eigenvalue weighted by Crippen LogP contribution is 2.14. The molecular weight excluding hydrogens is 405 g/mol. The highest BCUT2D eigenvalue weighted by Gasteiger charge is 2.19. The van der Waals surface area contributed by atoms with E-state index < -0.39 is 5.97 Å². The molecule has 0 aromatic heterocycles. The van der Waals surface area contributed by atoms with Crippen LogP contribution in [0.5, 0.6) is 0 Å². The highest BCUT2D eigenvalue weighted by atomic mass is 19.1. The first-order chi connectivity index (χ1) is 15.0. The van der Waals surface area contributed by atoms with E-state index in [-0.39, 0.29) is 18.1 Å². The molecule has 0 aliphatic heterocycles. The van der Waals surface area contributed by atoms with E-state index in [9.17, 15) is 9.18 Å². The molecule has 0 aliphatic rings. The van der Waals surface area contributed by atoms with Crippen LogP contribution < -0.4 is 0 Å². The number of oxime groups is 3. The molecule has 2 aromatic carbocycles. The summed E-state index contributed by atoms with van der Waals surface area (Å²) in [6.45, 7) is 1.93. The van der Waals surface area contributed by atoms with E-state index in [0.29, 0.717) is 34.5 Å². The van der Waals surface area contributed by atoms with Gasteiger partial charge in [0.05, 0.1) is 7.11 Å². The molecule has 31 heavy (non-hydrogen) atoms. The standard InChI is InChI=1S/C22H24FN3O5/c1-5-19(20(25-29-3)15-10-12-17(23)13-11-15)24-31-14-16-8-6-7-9-18(16)21(26-30-4)22(27)28-2/h6-13H,5,14H2,1-4H3. The van der Waals surface area contributed by atoms with Crippen LogP contribution in [0.2, 0.25) is 0 Å². The molecule has 0 amide bonds. The Kier molecular flexibility index (Phi) is 9.15. The summed E-state index contributed by atoms with van der Waals surface area (Å²) in [5, 5.41) is 12.0. The fraction of sp³-hybridized carbons (Fsp3) is 0.273. The largest absolute Gasteiger partial charge is 0.464 e. The van der Waals surface area contributed by atoms with Crippen molar-refractivity contribution in [1.29, 1.82) is 0 Å². The minimum atomic E-state index is -0.641.